The molecule has 1 atom stereocenters. The molecule has 1 fully saturated rings. The van der Waals surface area contributed by atoms with Crippen LogP contribution in [0.5, 0.6) is 0 Å². The Kier molecular flexibility index (Phi) is 5.20. The zero-order chi connectivity index (χ0) is 12.5. The Bertz CT molecular complexity index is 369. The Morgan fingerprint density at radius 3 is 2.72 bits per heavy atom. The summed E-state index contributed by atoms with van der Waals surface area (Å²) in [5.41, 5.74) is 1.39. The van der Waals surface area contributed by atoms with Crippen LogP contribution in [0.15, 0.2) is 12.4 Å². The number of hydrogen-bond donors (Lipinski definition) is 1. The molecular weight excluding hydrogens is 248 g/mol. The molecule has 18 heavy (non-hydrogen) atoms. The molecule has 1 saturated heterocycles. The molecule has 0 unspecified atom stereocenters. The van der Waals surface area contributed by atoms with Crippen LogP contribution in [0.2, 0.25) is 0 Å². The summed E-state index contributed by atoms with van der Waals surface area (Å²) < 4.78 is 2.05. The third-order valence-electron chi connectivity index (χ3n) is 3.18. The van der Waals surface area contributed by atoms with E-state index in [1.807, 2.05) is 10.9 Å². The van der Waals surface area contributed by atoms with Gasteiger partial charge >= 0.3 is 0 Å². The largest absolute Gasteiger partial charge is 0.312 e. The maximum atomic E-state index is 4.45. The highest BCUT2D eigenvalue weighted by Crippen LogP contribution is 2.14. The second-order valence-electron chi connectivity index (χ2n) is 6.05. The molecule has 0 spiro atoms. The van der Waals surface area contributed by atoms with Crippen LogP contribution in [0.4, 0.5) is 0 Å². The second kappa shape index (κ2) is 6.04. The number of halogens is 1. The summed E-state index contributed by atoms with van der Waals surface area (Å²) >= 11 is 0. The van der Waals surface area contributed by atoms with Gasteiger partial charge in [-0.2, -0.15) is 5.10 Å². The maximum absolute atomic E-state index is 4.45. The summed E-state index contributed by atoms with van der Waals surface area (Å²) in [6, 6.07) is 0.599. The third kappa shape index (κ3) is 3.97. The molecule has 1 aromatic heterocycles. The zero-order valence-electron chi connectivity index (χ0n) is 11.8. The fourth-order valence-corrected chi connectivity index (χ4v) is 2.22. The molecule has 1 N–H and O–H groups in total. The normalized spacial score (nSPS) is 21.7. The standard InChI is InChI=1S/C13H24N4.ClH/c1-11-8-16(6-5-14-11)9-12-7-15-17(10-12)13(2,3)4;/h7,10-11,14H,5-6,8-9H2,1-4H3;1H/t11-;/m0./s1. The van der Waals surface area contributed by atoms with E-state index in [0.29, 0.717) is 6.04 Å². The summed E-state index contributed by atoms with van der Waals surface area (Å²) in [4.78, 5) is 2.49. The summed E-state index contributed by atoms with van der Waals surface area (Å²) in [5, 5.41) is 7.91. The van der Waals surface area contributed by atoms with Gasteiger partial charge in [-0.1, -0.05) is 0 Å². The second-order valence-corrected chi connectivity index (χ2v) is 6.05. The molecule has 0 amide bonds. The van der Waals surface area contributed by atoms with Gasteiger partial charge in [0.1, 0.15) is 0 Å². The van der Waals surface area contributed by atoms with Crippen molar-refractivity contribution < 1.29 is 0 Å². The average Bonchev–Trinajstić information content (AvgIpc) is 2.65. The summed E-state index contributed by atoms with van der Waals surface area (Å²) in [7, 11) is 0. The van der Waals surface area contributed by atoms with Crippen molar-refractivity contribution in [1.82, 2.24) is 20.0 Å². The molecule has 2 rings (SSSR count). The van der Waals surface area contributed by atoms with Crippen molar-refractivity contribution in [2.75, 3.05) is 19.6 Å². The molecule has 0 radical (unpaired) electrons. The topological polar surface area (TPSA) is 33.1 Å². The first-order chi connectivity index (χ1) is 7.95. The van der Waals surface area contributed by atoms with Crippen molar-refractivity contribution in [3.63, 3.8) is 0 Å². The van der Waals surface area contributed by atoms with Gasteiger partial charge in [-0.25, -0.2) is 0 Å². The Labute approximate surface area is 116 Å². The highest BCUT2D eigenvalue weighted by molar-refractivity contribution is 5.85. The smallest absolute Gasteiger partial charge is 0.0543 e. The van der Waals surface area contributed by atoms with Crippen molar-refractivity contribution >= 4 is 12.4 Å². The van der Waals surface area contributed by atoms with E-state index in [-0.39, 0.29) is 17.9 Å². The van der Waals surface area contributed by atoms with E-state index in [2.05, 4.69) is 49.2 Å². The molecule has 0 aromatic carbocycles. The fraction of sp³-hybridized carbons (Fsp3) is 0.769. The van der Waals surface area contributed by atoms with Crippen LogP contribution in [0, 0.1) is 0 Å². The molecule has 4 nitrogen and oxygen atoms in total. The van der Waals surface area contributed by atoms with Crippen LogP contribution in [-0.2, 0) is 12.1 Å². The quantitative estimate of drug-likeness (QED) is 0.892. The Balaban J connectivity index is 0.00000162. The monoisotopic (exact) mass is 272 g/mol. The predicted octanol–water partition coefficient (Wildman–Crippen LogP) is 1.85. The van der Waals surface area contributed by atoms with E-state index < -0.39 is 0 Å². The Morgan fingerprint density at radius 1 is 1.44 bits per heavy atom. The van der Waals surface area contributed by atoms with Gasteiger partial charge in [0.25, 0.3) is 0 Å². The molecule has 0 bridgehead atoms. The molecule has 0 saturated carbocycles. The van der Waals surface area contributed by atoms with E-state index in [9.17, 15) is 0 Å². The number of nitrogens with zero attached hydrogens (tertiary/aromatic N) is 3. The lowest BCUT2D eigenvalue weighted by Gasteiger charge is -2.31. The molecule has 1 aliphatic rings. The summed E-state index contributed by atoms with van der Waals surface area (Å²) in [6.45, 7) is 13.1. The van der Waals surface area contributed by atoms with Crippen LogP contribution in [-0.4, -0.2) is 40.4 Å². The zero-order valence-corrected chi connectivity index (χ0v) is 12.6. The van der Waals surface area contributed by atoms with Crippen LogP contribution in [0.1, 0.15) is 33.3 Å². The molecule has 5 heteroatoms. The fourth-order valence-electron chi connectivity index (χ4n) is 2.22. The van der Waals surface area contributed by atoms with Gasteiger partial charge in [0, 0.05) is 44.0 Å². The van der Waals surface area contributed by atoms with Gasteiger partial charge in [-0.15, -0.1) is 12.4 Å². The number of nitrogens with one attached hydrogen (secondary N) is 1. The van der Waals surface area contributed by atoms with E-state index in [0.717, 1.165) is 26.2 Å². The van der Waals surface area contributed by atoms with Crippen molar-refractivity contribution in [3.8, 4) is 0 Å². The number of hydrogen-bond acceptors (Lipinski definition) is 3. The molecule has 104 valence electrons. The van der Waals surface area contributed by atoms with Crippen LogP contribution in [0.25, 0.3) is 0 Å². The predicted molar refractivity (Wildman–Crippen MR) is 77.2 cm³/mol. The van der Waals surface area contributed by atoms with Crippen molar-refractivity contribution in [1.29, 1.82) is 0 Å². The minimum atomic E-state index is 0. The SMILES string of the molecule is C[C@H]1CN(Cc2cnn(C(C)(C)C)c2)CCN1.Cl. The molecule has 1 aromatic rings. The average molecular weight is 273 g/mol. The van der Waals surface area contributed by atoms with Gasteiger partial charge in [0.15, 0.2) is 0 Å². The van der Waals surface area contributed by atoms with Crippen LogP contribution >= 0.6 is 12.4 Å². The van der Waals surface area contributed by atoms with Crippen LogP contribution < -0.4 is 5.32 Å². The van der Waals surface area contributed by atoms with Crippen molar-refractivity contribution in [2.24, 2.45) is 0 Å². The van der Waals surface area contributed by atoms with E-state index in [1.165, 1.54) is 5.56 Å². The molecule has 0 aliphatic carbocycles. The van der Waals surface area contributed by atoms with Crippen LogP contribution in [0.3, 0.4) is 0 Å². The summed E-state index contributed by atoms with van der Waals surface area (Å²) in [5.74, 6) is 0. The van der Waals surface area contributed by atoms with E-state index >= 15 is 0 Å². The lowest BCUT2D eigenvalue weighted by Crippen LogP contribution is -2.48. The minimum absolute atomic E-state index is 0. The van der Waals surface area contributed by atoms with Gasteiger partial charge in [0.05, 0.1) is 11.7 Å². The van der Waals surface area contributed by atoms with Gasteiger partial charge in [-0.3, -0.25) is 9.58 Å². The summed E-state index contributed by atoms with van der Waals surface area (Å²) in [6.07, 6.45) is 4.17. The maximum Gasteiger partial charge on any atom is 0.0543 e. The minimum Gasteiger partial charge on any atom is -0.312 e. The van der Waals surface area contributed by atoms with E-state index in [1.54, 1.807) is 0 Å². The number of rotatable bonds is 2. The van der Waals surface area contributed by atoms with Crippen molar-refractivity contribution in [2.45, 2.75) is 45.8 Å². The lowest BCUT2D eigenvalue weighted by atomic mass is 10.1. The Hall–Kier alpha value is -0.580. The Morgan fingerprint density at radius 2 is 2.17 bits per heavy atom. The first kappa shape index (κ1) is 15.5. The third-order valence-corrected chi connectivity index (χ3v) is 3.18. The molecular formula is C13H25ClN4. The first-order valence-corrected chi connectivity index (χ1v) is 6.45. The molecule has 1 aliphatic heterocycles. The van der Waals surface area contributed by atoms with Crippen molar-refractivity contribution in [3.05, 3.63) is 18.0 Å². The van der Waals surface area contributed by atoms with Gasteiger partial charge in [0.2, 0.25) is 0 Å². The lowest BCUT2D eigenvalue weighted by molar-refractivity contribution is 0.199. The van der Waals surface area contributed by atoms with E-state index in [4.69, 9.17) is 0 Å². The first-order valence-electron chi connectivity index (χ1n) is 6.45. The highest BCUT2D eigenvalue weighted by Gasteiger charge is 2.18. The molecule has 2 heterocycles. The number of aromatic nitrogens is 2. The van der Waals surface area contributed by atoms with Gasteiger partial charge in [-0.05, 0) is 27.7 Å². The van der Waals surface area contributed by atoms with Gasteiger partial charge < -0.3 is 5.32 Å². The number of piperazine rings is 1. The highest BCUT2D eigenvalue weighted by atomic mass is 35.5.